The molecule has 2 N–H and O–H groups in total. The first-order valence-corrected chi connectivity index (χ1v) is 8.54. The number of nitrogens with one attached hydrogen (secondary N) is 1. The van der Waals surface area contributed by atoms with Crippen molar-refractivity contribution in [2.45, 2.75) is 52.2 Å². The van der Waals surface area contributed by atoms with Gasteiger partial charge in [-0.15, -0.1) is 0 Å². The molecule has 0 heterocycles. The van der Waals surface area contributed by atoms with Crippen LogP contribution < -0.4 is 5.32 Å². The van der Waals surface area contributed by atoms with E-state index < -0.39 is 5.82 Å². The minimum Gasteiger partial charge on any atom is -0.392 e. The number of aliphatic hydroxyl groups is 1. The molecule has 3 nitrogen and oxygen atoms in total. The summed E-state index contributed by atoms with van der Waals surface area (Å²) in [5, 5.41) is 11.8. The van der Waals surface area contributed by atoms with E-state index in [4.69, 9.17) is 5.11 Å². The van der Waals surface area contributed by atoms with Gasteiger partial charge < -0.3 is 10.4 Å². The smallest absolute Gasteiger partial charge is 0.220 e. The number of hydrogen-bond donors (Lipinski definition) is 2. The fourth-order valence-electron chi connectivity index (χ4n) is 2.55. The highest BCUT2D eigenvalue weighted by molar-refractivity contribution is 5.76. The molecule has 25 heavy (non-hydrogen) atoms. The molecule has 2 rings (SSSR count). The Labute approximate surface area is 148 Å². The van der Waals surface area contributed by atoms with Gasteiger partial charge in [0, 0.05) is 18.5 Å². The van der Waals surface area contributed by atoms with Crippen molar-refractivity contribution in [1.29, 1.82) is 0 Å². The van der Waals surface area contributed by atoms with Crippen molar-refractivity contribution in [3.05, 3.63) is 70.5 Å². The van der Waals surface area contributed by atoms with Gasteiger partial charge >= 0.3 is 0 Å². The van der Waals surface area contributed by atoms with E-state index in [0.29, 0.717) is 18.4 Å². The summed E-state index contributed by atoms with van der Waals surface area (Å²) >= 11 is 0. The maximum absolute atomic E-state index is 13.6. The minimum absolute atomic E-state index is 0.0634. The van der Waals surface area contributed by atoms with Crippen LogP contribution in [0.25, 0.3) is 0 Å². The third-order valence-corrected chi connectivity index (χ3v) is 4.24. The molecule has 2 aromatic carbocycles. The Bertz CT molecular complexity index is 718. The molecule has 4 heteroatoms. The zero-order valence-corrected chi connectivity index (χ0v) is 15.1. The van der Waals surface area contributed by atoms with Gasteiger partial charge in [-0.1, -0.05) is 57.2 Å². The van der Waals surface area contributed by atoms with Crippen LogP contribution in [0.15, 0.2) is 42.5 Å². The van der Waals surface area contributed by atoms with Crippen molar-refractivity contribution < 1.29 is 14.3 Å². The average molecular weight is 343 g/mol. The maximum atomic E-state index is 13.6. The molecule has 0 bridgehead atoms. The number of carbonyl (C=O) groups excluding carboxylic acids is 1. The number of hydrogen-bond acceptors (Lipinski definition) is 2. The number of benzene rings is 2. The van der Waals surface area contributed by atoms with Gasteiger partial charge in [0.25, 0.3) is 0 Å². The van der Waals surface area contributed by atoms with E-state index in [0.717, 1.165) is 5.56 Å². The van der Waals surface area contributed by atoms with E-state index in [9.17, 15) is 9.18 Å². The van der Waals surface area contributed by atoms with Gasteiger partial charge in [-0.25, -0.2) is 4.39 Å². The number of aryl methyl sites for hydroxylation is 1. The standard InChI is InChI=1S/C21H26FNO2/c1-21(2,3)18-9-5-15(6-10-18)7-11-20(25)23-13-16-4-8-17(14-24)19(22)12-16/h4-6,8-10,12,24H,7,11,13-14H2,1-3H3,(H,23,25). The van der Waals surface area contributed by atoms with Gasteiger partial charge in [-0.05, 0) is 34.6 Å². The van der Waals surface area contributed by atoms with Crippen molar-refractivity contribution >= 4 is 5.91 Å². The van der Waals surface area contributed by atoms with Crippen molar-refractivity contribution in [2.24, 2.45) is 0 Å². The summed E-state index contributed by atoms with van der Waals surface area (Å²) in [6.45, 7) is 6.47. The van der Waals surface area contributed by atoms with Crippen LogP contribution >= 0.6 is 0 Å². The van der Waals surface area contributed by atoms with Crippen molar-refractivity contribution in [1.82, 2.24) is 5.32 Å². The molecule has 0 atom stereocenters. The van der Waals surface area contributed by atoms with Gasteiger partial charge in [0.15, 0.2) is 0 Å². The van der Waals surface area contributed by atoms with Gasteiger partial charge in [-0.2, -0.15) is 0 Å². The fourth-order valence-corrected chi connectivity index (χ4v) is 2.55. The van der Waals surface area contributed by atoms with Crippen LogP contribution in [-0.4, -0.2) is 11.0 Å². The topological polar surface area (TPSA) is 49.3 Å². The minimum atomic E-state index is -0.451. The molecule has 0 saturated heterocycles. The summed E-state index contributed by atoms with van der Waals surface area (Å²) < 4.78 is 13.6. The molecule has 0 unspecified atom stereocenters. The Morgan fingerprint density at radius 1 is 1.08 bits per heavy atom. The van der Waals surface area contributed by atoms with Crippen molar-refractivity contribution in [3.8, 4) is 0 Å². The number of amides is 1. The largest absolute Gasteiger partial charge is 0.392 e. The van der Waals surface area contributed by atoms with E-state index >= 15 is 0 Å². The highest BCUT2D eigenvalue weighted by Crippen LogP contribution is 2.22. The average Bonchev–Trinajstić information content (AvgIpc) is 2.58. The van der Waals surface area contributed by atoms with Crippen LogP contribution in [-0.2, 0) is 29.8 Å². The second-order valence-corrected chi connectivity index (χ2v) is 7.31. The van der Waals surface area contributed by atoms with E-state index in [1.807, 2.05) is 0 Å². The van der Waals surface area contributed by atoms with Crippen molar-refractivity contribution in [3.63, 3.8) is 0 Å². The first kappa shape index (κ1) is 19.1. The normalized spacial score (nSPS) is 11.4. The lowest BCUT2D eigenvalue weighted by atomic mass is 9.86. The molecule has 0 aliphatic carbocycles. The van der Waals surface area contributed by atoms with Gasteiger partial charge in [0.05, 0.1) is 6.61 Å². The number of rotatable bonds is 6. The predicted molar refractivity (Wildman–Crippen MR) is 97.6 cm³/mol. The molecule has 134 valence electrons. The monoisotopic (exact) mass is 343 g/mol. The summed E-state index contributed by atoms with van der Waals surface area (Å²) in [5.74, 6) is -0.514. The fraction of sp³-hybridized carbons (Fsp3) is 0.381. The zero-order valence-electron chi connectivity index (χ0n) is 15.1. The summed E-state index contributed by atoms with van der Waals surface area (Å²) in [6.07, 6.45) is 1.07. The van der Waals surface area contributed by atoms with Gasteiger partial charge in [0.2, 0.25) is 5.91 Å². The molecule has 0 spiro atoms. The predicted octanol–water partition coefficient (Wildman–Crippen LogP) is 3.86. The third kappa shape index (κ3) is 5.68. The number of aliphatic hydroxyl groups excluding tert-OH is 1. The molecule has 1 amide bonds. The molecule has 0 fully saturated rings. The molecule has 0 saturated carbocycles. The van der Waals surface area contributed by atoms with Gasteiger partial charge in [0.1, 0.15) is 5.82 Å². The Kier molecular flexibility index (Phi) is 6.32. The Balaban J connectivity index is 1.82. The molecular weight excluding hydrogens is 317 g/mol. The quantitative estimate of drug-likeness (QED) is 0.837. The zero-order chi connectivity index (χ0) is 18.4. The second-order valence-electron chi connectivity index (χ2n) is 7.31. The van der Waals surface area contributed by atoms with Crippen LogP contribution in [0.4, 0.5) is 4.39 Å². The van der Waals surface area contributed by atoms with Crippen LogP contribution in [0.3, 0.4) is 0 Å². The van der Waals surface area contributed by atoms with Crippen LogP contribution in [0.2, 0.25) is 0 Å². The first-order chi connectivity index (χ1) is 11.8. The third-order valence-electron chi connectivity index (χ3n) is 4.24. The summed E-state index contributed by atoms with van der Waals surface area (Å²) in [5.41, 5.74) is 3.46. The number of carbonyl (C=O) groups is 1. The molecule has 0 aliphatic heterocycles. The maximum Gasteiger partial charge on any atom is 0.220 e. The second kappa shape index (κ2) is 8.26. The Hall–Kier alpha value is -2.20. The Morgan fingerprint density at radius 3 is 2.28 bits per heavy atom. The Morgan fingerprint density at radius 2 is 1.72 bits per heavy atom. The van der Waals surface area contributed by atoms with E-state index in [1.54, 1.807) is 6.07 Å². The lowest BCUT2D eigenvalue weighted by Crippen LogP contribution is -2.23. The van der Waals surface area contributed by atoms with E-state index in [2.05, 4.69) is 50.4 Å². The van der Waals surface area contributed by atoms with Gasteiger partial charge in [-0.3, -0.25) is 4.79 Å². The first-order valence-electron chi connectivity index (χ1n) is 8.54. The summed E-state index contributed by atoms with van der Waals surface area (Å²) in [7, 11) is 0. The van der Waals surface area contributed by atoms with Crippen LogP contribution in [0.5, 0.6) is 0 Å². The van der Waals surface area contributed by atoms with E-state index in [1.165, 1.54) is 17.7 Å². The SMILES string of the molecule is CC(C)(C)c1ccc(CCC(=O)NCc2ccc(CO)c(F)c2)cc1. The van der Waals surface area contributed by atoms with Crippen LogP contribution in [0, 0.1) is 5.82 Å². The molecule has 0 aromatic heterocycles. The highest BCUT2D eigenvalue weighted by Gasteiger charge is 2.13. The molecule has 0 radical (unpaired) electrons. The number of halogens is 1. The van der Waals surface area contributed by atoms with Crippen LogP contribution in [0.1, 0.15) is 49.4 Å². The summed E-state index contributed by atoms with van der Waals surface area (Å²) in [6, 6.07) is 12.9. The van der Waals surface area contributed by atoms with Crippen molar-refractivity contribution in [2.75, 3.05) is 0 Å². The van der Waals surface area contributed by atoms with E-state index in [-0.39, 0.29) is 30.0 Å². The molecule has 0 aliphatic rings. The highest BCUT2D eigenvalue weighted by atomic mass is 19.1. The summed E-state index contributed by atoms with van der Waals surface area (Å²) in [4.78, 5) is 12.0. The lowest BCUT2D eigenvalue weighted by Gasteiger charge is -2.19. The molecular formula is C21H26FNO2. The lowest BCUT2D eigenvalue weighted by molar-refractivity contribution is -0.121. The molecule has 2 aromatic rings.